The summed E-state index contributed by atoms with van der Waals surface area (Å²) >= 11 is 0. The first-order valence-corrected chi connectivity index (χ1v) is 7.03. The van der Waals surface area contributed by atoms with E-state index in [1.165, 1.54) is 11.7 Å². The van der Waals surface area contributed by atoms with Crippen LogP contribution in [-0.4, -0.2) is 30.3 Å². The van der Waals surface area contributed by atoms with Crippen molar-refractivity contribution in [3.8, 4) is 0 Å². The summed E-state index contributed by atoms with van der Waals surface area (Å²) in [4.78, 5) is 0. The van der Waals surface area contributed by atoms with Crippen molar-refractivity contribution in [2.24, 2.45) is 5.92 Å². The van der Waals surface area contributed by atoms with E-state index in [9.17, 15) is 8.42 Å². The molecule has 0 radical (unpaired) electrons. The predicted octanol–water partition coefficient (Wildman–Crippen LogP) is 1.01. The summed E-state index contributed by atoms with van der Waals surface area (Å²) in [7, 11) is 2.90. The fraction of sp³-hybridized carbons (Fsp3) is 0.750. The molecule has 0 amide bonds. The van der Waals surface area contributed by atoms with Crippen molar-refractivity contribution in [1.29, 1.82) is 0 Å². The third-order valence-corrected chi connectivity index (χ3v) is 2.98. The topological polar surface area (TPSA) is 74.1 Å². The molecule has 0 saturated carbocycles. The maximum Gasteiger partial charge on any atom is 0.296 e. The van der Waals surface area contributed by atoms with Crippen LogP contribution in [0.2, 0.25) is 0 Å². The minimum absolute atomic E-state index is 0.201. The Morgan fingerprint density at radius 1 is 1.44 bits per heavy atom. The van der Waals surface area contributed by atoms with Gasteiger partial charge in [-0.1, -0.05) is 13.8 Å². The molecule has 0 fully saturated rings. The third-order valence-electron chi connectivity index (χ3n) is 1.83. The zero-order chi connectivity index (χ0) is 12.3. The van der Waals surface area contributed by atoms with E-state index in [1.807, 2.05) is 13.8 Å². The standard InChI is InChI=1S/C8H14ClN3O3S/c1-6(2)4-12-7(5-15-3)10-11-8(12)16(9,13)14/h6H,4-5H2,1-3H3. The molecule has 0 aromatic carbocycles. The molecule has 1 aromatic heterocycles. The summed E-state index contributed by atoms with van der Waals surface area (Å²) in [5.41, 5.74) is 0. The average Bonchev–Trinajstić information content (AvgIpc) is 2.47. The number of ether oxygens (including phenoxy) is 1. The first kappa shape index (κ1) is 13.4. The number of hydrogen-bond donors (Lipinski definition) is 0. The van der Waals surface area contributed by atoms with Gasteiger partial charge in [0.1, 0.15) is 6.61 Å². The lowest BCUT2D eigenvalue weighted by molar-refractivity contribution is 0.172. The highest BCUT2D eigenvalue weighted by Gasteiger charge is 2.22. The molecule has 6 nitrogen and oxygen atoms in total. The highest BCUT2D eigenvalue weighted by atomic mass is 35.7. The predicted molar refractivity (Wildman–Crippen MR) is 58.6 cm³/mol. The van der Waals surface area contributed by atoms with Crippen LogP contribution in [0.25, 0.3) is 0 Å². The Hall–Kier alpha value is -0.660. The van der Waals surface area contributed by atoms with E-state index in [-0.39, 0.29) is 17.7 Å². The van der Waals surface area contributed by atoms with Crippen molar-refractivity contribution in [2.75, 3.05) is 7.11 Å². The van der Waals surface area contributed by atoms with E-state index in [1.54, 1.807) is 0 Å². The summed E-state index contributed by atoms with van der Waals surface area (Å²) in [6.07, 6.45) is 0. The molecule has 0 aliphatic rings. The molecule has 0 atom stereocenters. The Kier molecular flexibility index (Phi) is 4.28. The number of aromatic nitrogens is 3. The largest absolute Gasteiger partial charge is 0.377 e. The van der Waals surface area contributed by atoms with Gasteiger partial charge in [0.15, 0.2) is 5.82 Å². The van der Waals surface area contributed by atoms with Crippen LogP contribution in [0.4, 0.5) is 0 Å². The molecular formula is C8H14ClN3O3S. The fourth-order valence-electron chi connectivity index (χ4n) is 1.28. The van der Waals surface area contributed by atoms with E-state index < -0.39 is 9.05 Å². The molecule has 1 heterocycles. The molecule has 0 bridgehead atoms. The van der Waals surface area contributed by atoms with Gasteiger partial charge in [-0.15, -0.1) is 10.2 Å². The molecule has 1 aromatic rings. The van der Waals surface area contributed by atoms with Gasteiger partial charge >= 0.3 is 0 Å². The van der Waals surface area contributed by atoms with E-state index in [0.717, 1.165) is 0 Å². The smallest absolute Gasteiger partial charge is 0.296 e. The second-order valence-corrected chi connectivity index (χ2v) is 6.23. The Morgan fingerprint density at radius 3 is 2.50 bits per heavy atom. The van der Waals surface area contributed by atoms with Crippen molar-refractivity contribution in [3.63, 3.8) is 0 Å². The quantitative estimate of drug-likeness (QED) is 0.745. The highest BCUT2D eigenvalue weighted by Crippen LogP contribution is 2.16. The van der Waals surface area contributed by atoms with E-state index >= 15 is 0 Å². The molecule has 0 spiro atoms. The molecule has 0 aliphatic carbocycles. The maximum atomic E-state index is 11.3. The molecular weight excluding hydrogens is 254 g/mol. The van der Waals surface area contributed by atoms with Gasteiger partial charge in [0.2, 0.25) is 0 Å². The van der Waals surface area contributed by atoms with Crippen molar-refractivity contribution in [3.05, 3.63) is 5.82 Å². The Morgan fingerprint density at radius 2 is 2.06 bits per heavy atom. The molecule has 8 heteroatoms. The van der Waals surface area contributed by atoms with Crippen molar-refractivity contribution in [1.82, 2.24) is 14.8 Å². The van der Waals surface area contributed by atoms with Gasteiger partial charge in [-0.2, -0.15) is 0 Å². The summed E-state index contributed by atoms with van der Waals surface area (Å²) in [6.45, 7) is 4.60. The van der Waals surface area contributed by atoms with Crippen LogP contribution < -0.4 is 0 Å². The van der Waals surface area contributed by atoms with Gasteiger partial charge < -0.3 is 4.74 Å². The number of hydrogen-bond acceptors (Lipinski definition) is 5. The number of halogens is 1. The first-order valence-electron chi connectivity index (χ1n) is 4.72. The van der Waals surface area contributed by atoms with Crippen LogP contribution >= 0.6 is 10.7 Å². The van der Waals surface area contributed by atoms with Crippen LogP contribution in [0.5, 0.6) is 0 Å². The second kappa shape index (κ2) is 5.11. The van der Waals surface area contributed by atoms with E-state index in [0.29, 0.717) is 12.4 Å². The molecule has 0 aliphatic heterocycles. The molecule has 1 rings (SSSR count). The van der Waals surface area contributed by atoms with Gasteiger partial charge in [0, 0.05) is 24.3 Å². The zero-order valence-electron chi connectivity index (χ0n) is 9.34. The summed E-state index contributed by atoms with van der Waals surface area (Å²) < 4.78 is 28.9. The van der Waals surface area contributed by atoms with Crippen molar-refractivity contribution < 1.29 is 13.2 Å². The van der Waals surface area contributed by atoms with Crippen LogP contribution in [0.1, 0.15) is 19.7 Å². The Labute approximate surface area is 99.0 Å². The molecule has 16 heavy (non-hydrogen) atoms. The zero-order valence-corrected chi connectivity index (χ0v) is 10.9. The van der Waals surface area contributed by atoms with Crippen molar-refractivity contribution >= 4 is 19.7 Å². The van der Waals surface area contributed by atoms with Gasteiger partial charge in [-0.25, -0.2) is 8.42 Å². The van der Waals surface area contributed by atoms with Gasteiger partial charge in [-0.3, -0.25) is 4.57 Å². The lowest BCUT2D eigenvalue weighted by Gasteiger charge is -2.10. The SMILES string of the molecule is COCc1nnc(S(=O)(=O)Cl)n1CC(C)C. The summed E-state index contributed by atoms with van der Waals surface area (Å²) in [5, 5.41) is 7.09. The molecule has 0 N–H and O–H groups in total. The average molecular weight is 268 g/mol. The molecule has 0 unspecified atom stereocenters. The lowest BCUT2D eigenvalue weighted by Crippen LogP contribution is -2.13. The highest BCUT2D eigenvalue weighted by molar-refractivity contribution is 8.13. The number of methoxy groups -OCH3 is 1. The van der Waals surface area contributed by atoms with Crippen LogP contribution in [-0.2, 0) is 26.9 Å². The van der Waals surface area contributed by atoms with E-state index in [2.05, 4.69) is 10.2 Å². The number of nitrogens with zero attached hydrogens (tertiary/aromatic N) is 3. The van der Waals surface area contributed by atoms with Crippen LogP contribution in [0, 0.1) is 5.92 Å². The van der Waals surface area contributed by atoms with Crippen LogP contribution in [0.3, 0.4) is 0 Å². The lowest BCUT2D eigenvalue weighted by atomic mass is 10.2. The Bertz CT molecular complexity index is 455. The van der Waals surface area contributed by atoms with Crippen molar-refractivity contribution in [2.45, 2.75) is 32.2 Å². The van der Waals surface area contributed by atoms with Gasteiger partial charge in [0.05, 0.1) is 0 Å². The minimum atomic E-state index is -3.87. The monoisotopic (exact) mass is 267 g/mol. The minimum Gasteiger partial charge on any atom is -0.377 e. The summed E-state index contributed by atoms with van der Waals surface area (Å²) in [6, 6.07) is 0. The number of rotatable bonds is 5. The normalized spacial score (nSPS) is 12.3. The van der Waals surface area contributed by atoms with Gasteiger partial charge in [-0.05, 0) is 5.92 Å². The second-order valence-electron chi connectivity index (χ2n) is 3.77. The first-order chi connectivity index (χ1) is 7.36. The molecule has 0 saturated heterocycles. The Balaban J connectivity index is 3.19. The van der Waals surface area contributed by atoms with Crippen LogP contribution in [0.15, 0.2) is 5.16 Å². The molecule has 92 valence electrons. The summed E-state index contributed by atoms with van der Waals surface area (Å²) in [5.74, 6) is 0.708. The van der Waals surface area contributed by atoms with E-state index in [4.69, 9.17) is 15.4 Å². The maximum absolute atomic E-state index is 11.3. The fourth-order valence-corrected chi connectivity index (χ4v) is 2.21. The van der Waals surface area contributed by atoms with Gasteiger partial charge in [0.25, 0.3) is 14.2 Å². The third kappa shape index (κ3) is 3.16.